The maximum atomic E-state index is 9.91. The Bertz CT molecular complexity index is 829. The fourth-order valence-electron chi connectivity index (χ4n) is 2.57. The van der Waals surface area contributed by atoms with Crippen LogP contribution in [0.25, 0.3) is 11.1 Å². The smallest absolute Gasteiger partial charge is 0.120 e. The summed E-state index contributed by atoms with van der Waals surface area (Å²) in [4.78, 5) is 0. The molecule has 23 heavy (non-hydrogen) atoms. The number of hydrogen-bond acceptors (Lipinski definition) is 2. The second-order valence-corrected chi connectivity index (χ2v) is 6.37. The van der Waals surface area contributed by atoms with Gasteiger partial charge in [0.2, 0.25) is 0 Å². The van der Waals surface area contributed by atoms with E-state index in [-0.39, 0.29) is 0 Å². The molecule has 0 aliphatic carbocycles. The number of rotatable bonds is 4. The molecule has 116 valence electrons. The number of aromatic hydroxyl groups is 1. The highest BCUT2D eigenvalue weighted by atomic mass is 79.9. The van der Waals surface area contributed by atoms with E-state index in [1.807, 2.05) is 30.3 Å². The van der Waals surface area contributed by atoms with Crippen LogP contribution in [0.15, 0.2) is 71.2 Å². The fourth-order valence-corrected chi connectivity index (χ4v) is 3.03. The van der Waals surface area contributed by atoms with E-state index in [0.29, 0.717) is 12.3 Å². The first kappa shape index (κ1) is 15.6. The van der Waals surface area contributed by atoms with E-state index in [2.05, 4.69) is 58.5 Å². The highest BCUT2D eigenvalue weighted by Crippen LogP contribution is 2.34. The van der Waals surface area contributed by atoms with Crippen LogP contribution < -0.4 is 5.32 Å². The van der Waals surface area contributed by atoms with E-state index in [1.54, 1.807) is 6.07 Å². The number of hydrogen-bond donors (Lipinski definition) is 2. The Labute approximate surface area is 144 Å². The molecular formula is C20H18BrNO. The molecule has 3 aromatic rings. The fraction of sp³-hybridized carbons (Fsp3) is 0.100. The average Bonchev–Trinajstić information content (AvgIpc) is 2.57. The van der Waals surface area contributed by atoms with Crippen molar-refractivity contribution >= 4 is 21.6 Å². The summed E-state index contributed by atoms with van der Waals surface area (Å²) in [5.74, 6) is 0.314. The van der Waals surface area contributed by atoms with Gasteiger partial charge in [-0.05, 0) is 30.7 Å². The van der Waals surface area contributed by atoms with Gasteiger partial charge < -0.3 is 10.4 Å². The van der Waals surface area contributed by atoms with Crippen LogP contribution >= 0.6 is 15.9 Å². The monoisotopic (exact) mass is 367 g/mol. The number of halogens is 1. The Morgan fingerprint density at radius 3 is 2.48 bits per heavy atom. The van der Waals surface area contributed by atoms with Crippen molar-refractivity contribution in [2.45, 2.75) is 13.5 Å². The number of para-hydroxylation sites is 2. The van der Waals surface area contributed by atoms with Crippen molar-refractivity contribution in [1.29, 1.82) is 0 Å². The van der Waals surface area contributed by atoms with Gasteiger partial charge in [0.25, 0.3) is 0 Å². The predicted octanol–water partition coefficient (Wildman–Crippen LogP) is 5.74. The molecule has 0 atom stereocenters. The van der Waals surface area contributed by atoms with Crippen molar-refractivity contribution in [2.24, 2.45) is 0 Å². The van der Waals surface area contributed by atoms with Crippen molar-refractivity contribution in [3.8, 4) is 16.9 Å². The summed E-state index contributed by atoms with van der Waals surface area (Å²) >= 11 is 3.64. The number of phenolic OH excluding ortho intramolecular Hbond substituents is 1. The zero-order valence-corrected chi connectivity index (χ0v) is 14.5. The van der Waals surface area contributed by atoms with Gasteiger partial charge in [-0.3, -0.25) is 0 Å². The van der Waals surface area contributed by atoms with Gasteiger partial charge in [0, 0.05) is 27.8 Å². The summed E-state index contributed by atoms with van der Waals surface area (Å²) in [5, 5.41) is 13.3. The molecule has 0 aliphatic rings. The van der Waals surface area contributed by atoms with Gasteiger partial charge in [-0.25, -0.2) is 0 Å². The van der Waals surface area contributed by atoms with E-state index in [1.165, 1.54) is 5.56 Å². The van der Waals surface area contributed by atoms with Crippen LogP contribution in [0.3, 0.4) is 0 Å². The van der Waals surface area contributed by atoms with Crippen molar-refractivity contribution in [2.75, 3.05) is 5.32 Å². The molecule has 0 unspecified atom stereocenters. The van der Waals surface area contributed by atoms with Gasteiger partial charge in [-0.2, -0.15) is 0 Å². The van der Waals surface area contributed by atoms with Crippen molar-refractivity contribution in [3.63, 3.8) is 0 Å². The summed E-state index contributed by atoms with van der Waals surface area (Å²) in [6.07, 6.45) is 0. The minimum atomic E-state index is 0.314. The molecule has 0 bridgehead atoms. The summed E-state index contributed by atoms with van der Waals surface area (Å²) in [5.41, 5.74) is 5.44. The van der Waals surface area contributed by atoms with Crippen LogP contribution in [-0.4, -0.2) is 5.11 Å². The third-order valence-electron chi connectivity index (χ3n) is 3.80. The van der Waals surface area contributed by atoms with Crippen molar-refractivity contribution < 1.29 is 5.11 Å². The van der Waals surface area contributed by atoms with Crippen LogP contribution in [0.2, 0.25) is 0 Å². The van der Waals surface area contributed by atoms with Crippen LogP contribution in [0.4, 0.5) is 5.69 Å². The summed E-state index contributed by atoms with van der Waals surface area (Å²) in [7, 11) is 0. The third-order valence-corrected chi connectivity index (χ3v) is 4.49. The lowest BCUT2D eigenvalue weighted by molar-refractivity contribution is 0.469. The Hall–Kier alpha value is -2.26. The zero-order chi connectivity index (χ0) is 16.2. The topological polar surface area (TPSA) is 32.3 Å². The third kappa shape index (κ3) is 3.57. The standard InChI is InChI=1S/C20H18BrNO/c1-14-10-11-18(21)17(12-14)16-7-3-4-8-19(16)22-13-15-6-2-5-9-20(15)23/h2-12,22-23H,13H2,1H3. The molecule has 0 aliphatic heterocycles. The first-order valence-corrected chi connectivity index (χ1v) is 8.31. The normalized spacial score (nSPS) is 10.5. The van der Waals surface area contributed by atoms with E-state index < -0.39 is 0 Å². The average molecular weight is 368 g/mol. The number of aryl methyl sites for hydroxylation is 1. The molecule has 0 aromatic heterocycles. The van der Waals surface area contributed by atoms with E-state index in [9.17, 15) is 5.11 Å². The maximum absolute atomic E-state index is 9.91. The number of phenols is 1. The van der Waals surface area contributed by atoms with Crippen LogP contribution in [0.5, 0.6) is 5.75 Å². The summed E-state index contributed by atoms with van der Waals surface area (Å²) < 4.78 is 1.07. The van der Waals surface area contributed by atoms with Crippen LogP contribution in [-0.2, 0) is 6.54 Å². The molecule has 2 N–H and O–H groups in total. The Kier molecular flexibility index (Phi) is 4.68. The highest BCUT2D eigenvalue weighted by Gasteiger charge is 2.09. The Morgan fingerprint density at radius 2 is 1.65 bits per heavy atom. The van der Waals surface area contributed by atoms with Crippen molar-refractivity contribution in [1.82, 2.24) is 0 Å². The molecule has 0 spiro atoms. The molecule has 0 radical (unpaired) electrons. The maximum Gasteiger partial charge on any atom is 0.120 e. The minimum Gasteiger partial charge on any atom is -0.508 e. The first-order chi connectivity index (χ1) is 11.1. The van der Waals surface area contributed by atoms with Gasteiger partial charge in [-0.15, -0.1) is 0 Å². The number of benzene rings is 3. The second-order valence-electron chi connectivity index (χ2n) is 5.51. The predicted molar refractivity (Wildman–Crippen MR) is 99.7 cm³/mol. The first-order valence-electron chi connectivity index (χ1n) is 7.51. The summed E-state index contributed by atoms with van der Waals surface area (Å²) in [6.45, 7) is 2.67. The quantitative estimate of drug-likeness (QED) is 0.615. The molecule has 0 saturated carbocycles. The highest BCUT2D eigenvalue weighted by molar-refractivity contribution is 9.10. The Morgan fingerprint density at radius 1 is 0.913 bits per heavy atom. The van der Waals surface area contributed by atoms with E-state index >= 15 is 0 Å². The molecule has 2 nitrogen and oxygen atoms in total. The Balaban J connectivity index is 1.92. The molecule has 3 rings (SSSR count). The number of nitrogens with one attached hydrogen (secondary N) is 1. The lowest BCUT2D eigenvalue weighted by Crippen LogP contribution is -2.01. The minimum absolute atomic E-state index is 0.314. The SMILES string of the molecule is Cc1ccc(Br)c(-c2ccccc2NCc2ccccc2O)c1. The van der Waals surface area contributed by atoms with E-state index in [0.717, 1.165) is 26.9 Å². The molecular weight excluding hydrogens is 350 g/mol. The number of anilines is 1. The summed E-state index contributed by atoms with van der Waals surface area (Å²) in [6, 6.07) is 21.9. The molecule has 3 heteroatoms. The van der Waals surface area contributed by atoms with Crippen molar-refractivity contribution in [3.05, 3.63) is 82.3 Å². The molecule has 0 saturated heterocycles. The molecule has 0 amide bonds. The molecule has 0 fully saturated rings. The van der Waals surface area contributed by atoms with Gasteiger partial charge in [0.15, 0.2) is 0 Å². The van der Waals surface area contributed by atoms with Gasteiger partial charge in [-0.1, -0.05) is 70.0 Å². The lowest BCUT2D eigenvalue weighted by Gasteiger charge is -2.14. The lowest BCUT2D eigenvalue weighted by atomic mass is 10.0. The zero-order valence-electron chi connectivity index (χ0n) is 12.9. The van der Waals surface area contributed by atoms with Gasteiger partial charge in [0.1, 0.15) is 5.75 Å². The largest absolute Gasteiger partial charge is 0.508 e. The van der Waals surface area contributed by atoms with Crippen LogP contribution in [0.1, 0.15) is 11.1 Å². The second kappa shape index (κ2) is 6.88. The molecule has 0 heterocycles. The molecule has 3 aromatic carbocycles. The van der Waals surface area contributed by atoms with E-state index in [4.69, 9.17) is 0 Å². The van der Waals surface area contributed by atoms with Crippen LogP contribution in [0, 0.1) is 6.92 Å². The van der Waals surface area contributed by atoms with Gasteiger partial charge >= 0.3 is 0 Å². The van der Waals surface area contributed by atoms with Gasteiger partial charge in [0.05, 0.1) is 0 Å².